The Morgan fingerprint density at radius 2 is 2.33 bits per heavy atom. The molecule has 0 aliphatic heterocycles. The lowest BCUT2D eigenvalue weighted by Gasteiger charge is -2.09. The fourth-order valence-electron chi connectivity index (χ4n) is 0.898. The molecule has 0 aliphatic carbocycles. The molecular formula is C9H13N3O3. The smallest absolute Gasteiger partial charge is 0.322 e. The first-order chi connectivity index (χ1) is 7.08. The van der Waals surface area contributed by atoms with Crippen molar-refractivity contribution < 1.29 is 14.6 Å². The highest BCUT2D eigenvalue weighted by atomic mass is 16.5. The van der Waals surface area contributed by atoms with Crippen molar-refractivity contribution >= 4 is 11.8 Å². The van der Waals surface area contributed by atoms with E-state index >= 15 is 0 Å². The van der Waals surface area contributed by atoms with Crippen molar-refractivity contribution in [3.8, 4) is 5.88 Å². The molecule has 0 saturated heterocycles. The zero-order valence-electron chi connectivity index (χ0n) is 8.60. The highest BCUT2D eigenvalue weighted by Crippen LogP contribution is 2.10. The largest absolute Gasteiger partial charge is 0.480 e. The highest BCUT2D eigenvalue weighted by Gasteiger charge is 2.02. The Kier molecular flexibility index (Phi) is 3.84. The molecule has 6 nitrogen and oxygen atoms in total. The van der Waals surface area contributed by atoms with Gasteiger partial charge in [0.15, 0.2) is 0 Å². The lowest BCUT2D eigenvalue weighted by molar-refractivity contribution is -0.134. The van der Waals surface area contributed by atoms with Crippen LogP contribution in [-0.2, 0) is 4.79 Å². The second kappa shape index (κ2) is 5.14. The summed E-state index contributed by atoms with van der Waals surface area (Å²) in [5.74, 6) is -0.192. The molecule has 15 heavy (non-hydrogen) atoms. The minimum absolute atomic E-state index is 0.00836. The summed E-state index contributed by atoms with van der Waals surface area (Å²) in [5.41, 5.74) is 0. The molecule has 0 spiro atoms. The maximum absolute atomic E-state index is 10.3. The molecular weight excluding hydrogens is 198 g/mol. The Labute approximate surface area is 87.3 Å². The molecule has 0 saturated carbocycles. The molecule has 0 atom stereocenters. The number of aromatic nitrogens is 2. The fourth-order valence-corrected chi connectivity index (χ4v) is 0.898. The van der Waals surface area contributed by atoms with Gasteiger partial charge in [0.25, 0.3) is 0 Å². The van der Waals surface area contributed by atoms with Gasteiger partial charge in [-0.25, -0.2) is 0 Å². The number of nitrogens with zero attached hydrogens (tertiary/aromatic N) is 2. The number of ether oxygens (including phenoxy) is 1. The van der Waals surface area contributed by atoms with Crippen molar-refractivity contribution in [2.24, 2.45) is 0 Å². The number of carboxylic acids is 1. The van der Waals surface area contributed by atoms with Crippen molar-refractivity contribution in [2.45, 2.75) is 20.0 Å². The van der Waals surface area contributed by atoms with Crippen molar-refractivity contribution in [1.82, 2.24) is 9.97 Å². The monoisotopic (exact) mass is 211 g/mol. The maximum atomic E-state index is 10.3. The molecule has 0 radical (unpaired) electrons. The van der Waals surface area contributed by atoms with Crippen LogP contribution in [0.1, 0.15) is 13.8 Å². The second-order valence-electron chi connectivity index (χ2n) is 3.16. The summed E-state index contributed by atoms with van der Waals surface area (Å²) in [5, 5.41) is 11.1. The zero-order chi connectivity index (χ0) is 11.3. The third kappa shape index (κ3) is 4.26. The van der Waals surface area contributed by atoms with Crippen LogP contribution < -0.4 is 10.1 Å². The third-order valence-corrected chi connectivity index (χ3v) is 1.39. The molecule has 1 heterocycles. The van der Waals surface area contributed by atoms with Gasteiger partial charge in [-0.3, -0.25) is 9.78 Å². The molecule has 0 aliphatic rings. The molecule has 0 bridgehead atoms. The first kappa shape index (κ1) is 11.2. The summed E-state index contributed by atoms with van der Waals surface area (Å²) in [4.78, 5) is 18.2. The van der Waals surface area contributed by atoms with Crippen LogP contribution in [0, 0.1) is 0 Å². The first-order valence-corrected chi connectivity index (χ1v) is 4.52. The lowest BCUT2D eigenvalue weighted by Crippen LogP contribution is -2.14. The van der Waals surface area contributed by atoms with E-state index in [1.165, 1.54) is 12.4 Å². The number of carbonyl (C=O) groups is 1. The summed E-state index contributed by atoms with van der Waals surface area (Å²) < 4.78 is 5.30. The average molecular weight is 211 g/mol. The summed E-state index contributed by atoms with van der Waals surface area (Å²) in [6, 6.07) is 0. The fraction of sp³-hybridized carbons (Fsp3) is 0.444. The van der Waals surface area contributed by atoms with E-state index in [1.807, 2.05) is 13.8 Å². The van der Waals surface area contributed by atoms with Crippen LogP contribution in [0.2, 0.25) is 0 Å². The third-order valence-electron chi connectivity index (χ3n) is 1.39. The quantitative estimate of drug-likeness (QED) is 0.748. The Bertz CT molecular complexity index is 341. The number of hydrogen-bond acceptors (Lipinski definition) is 5. The molecule has 0 amide bonds. The van der Waals surface area contributed by atoms with Crippen LogP contribution in [0.15, 0.2) is 12.4 Å². The summed E-state index contributed by atoms with van der Waals surface area (Å²) in [6.45, 7) is 3.55. The van der Waals surface area contributed by atoms with Crippen molar-refractivity contribution in [3.63, 3.8) is 0 Å². The zero-order valence-corrected chi connectivity index (χ0v) is 8.60. The average Bonchev–Trinajstić information content (AvgIpc) is 2.14. The van der Waals surface area contributed by atoms with E-state index < -0.39 is 5.97 Å². The van der Waals surface area contributed by atoms with Crippen LogP contribution >= 0.6 is 0 Å². The SMILES string of the molecule is CC(C)Oc1cncc(NCC(=O)O)n1. The van der Waals surface area contributed by atoms with E-state index in [2.05, 4.69) is 15.3 Å². The molecule has 1 aromatic rings. The van der Waals surface area contributed by atoms with Crippen LogP contribution in [-0.4, -0.2) is 33.7 Å². The Morgan fingerprint density at radius 3 is 2.93 bits per heavy atom. The van der Waals surface area contributed by atoms with E-state index in [1.54, 1.807) is 0 Å². The maximum Gasteiger partial charge on any atom is 0.322 e. The number of hydrogen-bond donors (Lipinski definition) is 2. The van der Waals surface area contributed by atoms with E-state index in [0.717, 1.165) is 0 Å². The molecule has 82 valence electrons. The van der Waals surface area contributed by atoms with E-state index in [9.17, 15) is 4.79 Å². The van der Waals surface area contributed by atoms with Crippen molar-refractivity contribution in [2.75, 3.05) is 11.9 Å². The van der Waals surface area contributed by atoms with Crippen LogP contribution in [0.25, 0.3) is 0 Å². The van der Waals surface area contributed by atoms with E-state index in [-0.39, 0.29) is 12.6 Å². The van der Waals surface area contributed by atoms with Gasteiger partial charge < -0.3 is 15.2 Å². The highest BCUT2D eigenvalue weighted by molar-refractivity contribution is 5.72. The standard InChI is InChI=1S/C9H13N3O3/c1-6(2)15-8-4-10-3-7(12-8)11-5-9(13)14/h3-4,6H,5H2,1-2H3,(H,11,12)(H,13,14). The van der Waals surface area contributed by atoms with Gasteiger partial charge in [-0.2, -0.15) is 4.98 Å². The minimum Gasteiger partial charge on any atom is -0.480 e. The molecule has 0 unspecified atom stereocenters. The number of rotatable bonds is 5. The van der Waals surface area contributed by atoms with Gasteiger partial charge in [-0.15, -0.1) is 0 Å². The number of nitrogens with one attached hydrogen (secondary N) is 1. The minimum atomic E-state index is -0.952. The van der Waals surface area contributed by atoms with Crippen LogP contribution in [0.4, 0.5) is 5.82 Å². The lowest BCUT2D eigenvalue weighted by atomic mass is 10.5. The van der Waals surface area contributed by atoms with Gasteiger partial charge in [0, 0.05) is 0 Å². The molecule has 0 aromatic carbocycles. The normalized spacial score (nSPS) is 10.1. The van der Waals surface area contributed by atoms with Gasteiger partial charge in [-0.1, -0.05) is 0 Å². The topological polar surface area (TPSA) is 84.3 Å². The second-order valence-corrected chi connectivity index (χ2v) is 3.16. The van der Waals surface area contributed by atoms with Crippen molar-refractivity contribution in [1.29, 1.82) is 0 Å². The summed E-state index contributed by atoms with van der Waals surface area (Å²) >= 11 is 0. The molecule has 1 rings (SSSR count). The molecule has 0 fully saturated rings. The predicted octanol–water partition coefficient (Wildman–Crippen LogP) is 0.760. The van der Waals surface area contributed by atoms with Gasteiger partial charge >= 0.3 is 5.97 Å². The predicted molar refractivity (Wildman–Crippen MR) is 53.9 cm³/mol. The number of carboxylic acid groups (broad SMARTS) is 1. The van der Waals surface area contributed by atoms with E-state index in [4.69, 9.17) is 9.84 Å². The summed E-state index contributed by atoms with van der Waals surface area (Å²) in [6.07, 6.45) is 2.93. The van der Waals surface area contributed by atoms with E-state index in [0.29, 0.717) is 11.7 Å². The summed E-state index contributed by atoms with van der Waals surface area (Å²) in [7, 11) is 0. The number of aliphatic carboxylic acids is 1. The molecule has 1 aromatic heterocycles. The van der Waals surface area contributed by atoms with Gasteiger partial charge in [-0.05, 0) is 13.8 Å². The first-order valence-electron chi connectivity index (χ1n) is 4.52. The molecule has 6 heteroatoms. The Morgan fingerprint density at radius 1 is 1.60 bits per heavy atom. The van der Waals surface area contributed by atoms with Gasteiger partial charge in [0.1, 0.15) is 12.4 Å². The Hall–Kier alpha value is -1.85. The Balaban J connectivity index is 2.61. The van der Waals surface area contributed by atoms with Crippen LogP contribution in [0.3, 0.4) is 0 Å². The van der Waals surface area contributed by atoms with Gasteiger partial charge in [0.2, 0.25) is 5.88 Å². The van der Waals surface area contributed by atoms with Crippen molar-refractivity contribution in [3.05, 3.63) is 12.4 Å². The van der Waals surface area contributed by atoms with Gasteiger partial charge in [0.05, 0.1) is 18.5 Å². The molecule has 2 N–H and O–H groups in total. The van der Waals surface area contributed by atoms with Crippen LogP contribution in [0.5, 0.6) is 5.88 Å². The number of anilines is 1.